The predicted molar refractivity (Wildman–Crippen MR) is 80.0 cm³/mol. The minimum atomic E-state index is 0.371. The molecule has 19 heavy (non-hydrogen) atoms. The Bertz CT molecular complexity index is 450. The van der Waals surface area contributed by atoms with E-state index in [0.717, 1.165) is 18.1 Å². The number of thiocarbonyl (C=S) groups is 1. The molecule has 0 aromatic carbocycles. The number of aromatic nitrogens is 2. The molecule has 1 fully saturated rings. The molecule has 2 N–H and O–H groups in total. The molecule has 1 saturated carbocycles. The lowest BCUT2D eigenvalue weighted by Crippen LogP contribution is -2.47. The van der Waals surface area contributed by atoms with Crippen molar-refractivity contribution in [1.82, 2.24) is 20.2 Å². The van der Waals surface area contributed by atoms with Gasteiger partial charge in [0.15, 0.2) is 5.11 Å². The Hall–Kier alpha value is -1.10. The summed E-state index contributed by atoms with van der Waals surface area (Å²) in [5.74, 6) is 0.697. The lowest BCUT2D eigenvalue weighted by Gasteiger charge is -2.42. The normalized spacial score (nSPS) is 24.1. The van der Waals surface area contributed by atoms with Crippen LogP contribution in [0.5, 0.6) is 0 Å². The number of hydrogen-bond donors (Lipinski definition) is 2. The molecule has 0 bridgehead atoms. The number of nitrogens with one attached hydrogen (secondary N) is 2. The van der Waals surface area contributed by atoms with E-state index in [0.29, 0.717) is 12.0 Å². The van der Waals surface area contributed by atoms with Crippen LogP contribution in [-0.2, 0) is 6.42 Å². The molecule has 0 amide bonds. The summed E-state index contributed by atoms with van der Waals surface area (Å²) in [5, 5.41) is 4.01. The van der Waals surface area contributed by atoms with Gasteiger partial charge >= 0.3 is 0 Å². The Kier molecular flexibility index (Phi) is 3.73. The first-order chi connectivity index (χ1) is 9.31. The van der Waals surface area contributed by atoms with E-state index in [1.807, 2.05) is 13.4 Å². The van der Waals surface area contributed by atoms with Crippen molar-refractivity contribution in [3.8, 4) is 0 Å². The van der Waals surface area contributed by atoms with Gasteiger partial charge in [-0.3, -0.25) is 0 Å². The first-order valence-corrected chi connectivity index (χ1v) is 7.72. The quantitative estimate of drug-likeness (QED) is 0.774. The molecule has 104 valence electrons. The van der Waals surface area contributed by atoms with E-state index in [4.69, 9.17) is 12.2 Å². The van der Waals surface area contributed by atoms with Gasteiger partial charge in [-0.25, -0.2) is 4.98 Å². The van der Waals surface area contributed by atoms with Crippen molar-refractivity contribution in [3.05, 3.63) is 17.7 Å². The van der Waals surface area contributed by atoms with Gasteiger partial charge in [0.05, 0.1) is 18.1 Å². The van der Waals surface area contributed by atoms with Crippen molar-refractivity contribution < 1.29 is 0 Å². The van der Waals surface area contributed by atoms with Crippen LogP contribution >= 0.6 is 12.2 Å². The molecule has 0 radical (unpaired) electrons. The predicted octanol–water partition coefficient (Wildman–Crippen LogP) is 2.39. The summed E-state index contributed by atoms with van der Waals surface area (Å²) in [5.41, 5.74) is 2.54. The number of fused-ring (bicyclic) bond motifs is 1. The monoisotopic (exact) mass is 278 g/mol. The third-order valence-electron chi connectivity index (χ3n) is 4.54. The molecule has 5 heteroatoms. The zero-order valence-electron chi connectivity index (χ0n) is 11.5. The maximum atomic E-state index is 5.50. The number of nitrogens with zero attached hydrogens (tertiary/aromatic N) is 2. The highest BCUT2D eigenvalue weighted by Gasteiger charge is 2.36. The number of imidazole rings is 1. The van der Waals surface area contributed by atoms with Gasteiger partial charge in [0, 0.05) is 25.7 Å². The second-order valence-electron chi connectivity index (χ2n) is 5.61. The lowest BCUT2D eigenvalue weighted by atomic mass is 9.80. The smallest absolute Gasteiger partial charge is 0.169 e. The maximum absolute atomic E-state index is 5.50. The molecule has 1 aliphatic heterocycles. The highest BCUT2D eigenvalue weighted by Crippen LogP contribution is 2.40. The molecule has 1 atom stereocenters. The Morgan fingerprint density at radius 2 is 2.21 bits per heavy atom. The SMILES string of the molecule is CNC(=S)N1CCc2[nH]cnc2C1C1CCCCC1. The van der Waals surface area contributed by atoms with Crippen LogP contribution in [0.2, 0.25) is 0 Å². The molecule has 1 aliphatic carbocycles. The largest absolute Gasteiger partial charge is 0.366 e. The molecule has 4 nitrogen and oxygen atoms in total. The van der Waals surface area contributed by atoms with Crippen molar-refractivity contribution in [2.75, 3.05) is 13.6 Å². The third kappa shape index (κ3) is 2.36. The molecular weight excluding hydrogens is 256 g/mol. The van der Waals surface area contributed by atoms with Gasteiger partial charge in [0.25, 0.3) is 0 Å². The second kappa shape index (κ2) is 5.49. The minimum Gasteiger partial charge on any atom is -0.366 e. The molecule has 0 spiro atoms. The molecule has 2 aliphatic rings. The van der Waals surface area contributed by atoms with Gasteiger partial charge in [-0.15, -0.1) is 0 Å². The Labute approximate surface area is 120 Å². The summed E-state index contributed by atoms with van der Waals surface area (Å²) < 4.78 is 0. The number of hydrogen-bond acceptors (Lipinski definition) is 2. The van der Waals surface area contributed by atoms with Gasteiger partial charge < -0.3 is 15.2 Å². The maximum Gasteiger partial charge on any atom is 0.169 e. The van der Waals surface area contributed by atoms with Gasteiger partial charge in [0.1, 0.15) is 0 Å². The Morgan fingerprint density at radius 3 is 2.95 bits per heavy atom. The summed E-state index contributed by atoms with van der Waals surface area (Å²) in [4.78, 5) is 10.3. The minimum absolute atomic E-state index is 0.371. The highest BCUT2D eigenvalue weighted by atomic mass is 32.1. The van der Waals surface area contributed by atoms with Crippen LogP contribution in [0.15, 0.2) is 6.33 Å². The van der Waals surface area contributed by atoms with Gasteiger partial charge in [0.2, 0.25) is 0 Å². The van der Waals surface area contributed by atoms with Gasteiger partial charge in [-0.2, -0.15) is 0 Å². The summed E-state index contributed by atoms with van der Waals surface area (Å²) in [6, 6.07) is 0.371. The van der Waals surface area contributed by atoms with E-state index in [1.165, 1.54) is 43.5 Å². The summed E-state index contributed by atoms with van der Waals surface area (Å²) >= 11 is 5.50. The molecular formula is C14H22N4S. The third-order valence-corrected chi connectivity index (χ3v) is 4.98. The first-order valence-electron chi connectivity index (χ1n) is 7.31. The van der Waals surface area contributed by atoms with Crippen LogP contribution in [-0.4, -0.2) is 33.6 Å². The van der Waals surface area contributed by atoms with E-state index < -0.39 is 0 Å². The van der Waals surface area contributed by atoms with Crippen LogP contribution < -0.4 is 5.32 Å². The molecule has 3 rings (SSSR count). The summed E-state index contributed by atoms with van der Waals surface area (Å²) in [6.07, 6.45) is 9.54. The topological polar surface area (TPSA) is 44.0 Å². The fourth-order valence-corrected chi connectivity index (χ4v) is 3.81. The van der Waals surface area contributed by atoms with Crippen molar-refractivity contribution in [2.24, 2.45) is 5.92 Å². The van der Waals surface area contributed by atoms with Crippen molar-refractivity contribution in [1.29, 1.82) is 0 Å². The molecule has 1 aromatic heterocycles. The highest BCUT2D eigenvalue weighted by molar-refractivity contribution is 7.80. The fraction of sp³-hybridized carbons (Fsp3) is 0.714. The van der Waals surface area contributed by atoms with Crippen LogP contribution in [0.25, 0.3) is 0 Å². The number of rotatable bonds is 1. The van der Waals surface area contributed by atoms with Crippen LogP contribution in [0.3, 0.4) is 0 Å². The molecule has 1 aromatic rings. The van der Waals surface area contributed by atoms with E-state index in [2.05, 4.69) is 20.2 Å². The van der Waals surface area contributed by atoms with E-state index >= 15 is 0 Å². The number of H-pyrrole nitrogens is 1. The average Bonchev–Trinajstić information content (AvgIpc) is 2.94. The average molecular weight is 278 g/mol. The Morgan fingerprint density at radius 1 is 1.42 bits per heavy atom. The van der Waals surface area contributed by atoms with Crippen LogP contribution in [0, 0.1) is 5.92 Å². The first kappa shape index (κ1) is 12.9. The zero-order valence-corrected chi connectivity index (χ0v) is 12.3. The van der Waals surface area contributed by atoms with Crippen molar-refractivity contribution in [2.45, 2.75) is 44.6 Å². The molecule has 1 unspecified atom stereocenters. The summed E-state index contributed by atoms with van der Waals surface area (Å²) in [6.45, 7) is 0.996. The molecule has 0 saturated heterocycles. The Balaban J connectivity index is 1.91. The summed E-state index contributed by atoms with van der Waals surface area (Å²) in [7, 11) is 1.92. The lowest BCUT2D eigenvalue weighted by molar-refractivity contribution is 0.169. The van der Waals surface area contributed by atoms with E-state index in [1.54, 1.807) is 0 Å². The van der Waals surface area contributed by atoms with Crippen LogP contribution in [0.4, 0.5) is 0 Å². The second-order valence-corrected chi connectivity index (χ2v) is 5.99. The molecule has 2 heterocycles. The standard InChI is InChI=1S/C14H22N4S/c1-15-14(19)18-8-7-11-12(17-9-16-11)13(18)10-5-3-2-4-6-10/h9-10,13H,2-8H2,1H3,(H,15,19)(H,16,17). The fourth-order valence-electron chi connectivity index (χ4n) is 3.60. The van der Waals surface area contributed by atoms with E-state index in [9.17, 15) is 0 Å². The zero-order chi connectivity index (χ0) is 13.2. The van der Waals surface area contributed by atoms with Crippen molar-refractivity contribution >= 4 is 17.3 Å². The van der Waals surface area contributed by atoms with E-state index in [-0.39, 0.29) is 0 Å². The van der Waals surface area contributed by atoms with Gasteiger partial charge in [-0.05, 0) is 31.0 Å². The van der Waals surface area contributed by atoms with Crippen LogP contribution in [0.1, 0.15) is 49.5 Å². The van der Waals surface area contributed by atoms with Crippen molar-refractivity contribution in [3.63, 3.8) is 0 Å². The van der Waals surface area contributed by atoms with Gasteiger partial charge in [-0.1, -0.05) is 19.3 Å². The number of aromatic amines is 1.